The molecule has 0 fully saturated rings. The van der Waals surface area contributed by atoms with Crippen LogP contribution < -0.4 is 4.72 Å². The van der Waals surface area contributed by atoms with Crippen LogP contribution in [0.15, 0.2) is 59.5 Å². The zero-order valence-corrected chi connectivity index (χ0v) is 20.7. The van der Waals surface area contributed by atoms with Crippen molar-refractivity contribution in [3.63, 3.8) is 0 Å². The number of sulfonamides is 1. The van der Waals surface area contributed by atoms with Gasteiger partial charge in [-0.1, -0.05) is 74.0 Å². The van der Waals surface area contributed by atoms with Gasteiger partial charge in [-0.2, -0.15) is 0 Å². The zero-order chi connectivity index (χ0) is 23.9. The van der Waals surface area contributed by atoms with Crippen LogP contribution in [0.5, 0.6) is 0 Å². The highest BCUT2D eigenvalue weighted by molar-refractivity contribution is 7.89. The van der Waals surface area contributed by atoms with Crippen LogP contribution in [0.1, 0.15) is 42.5 Å². The number of esters is 1. The molecule has 0 aliphatic heterocycles. The lowest BCUT2D eigenvalue weighted by Crippen LogP contribution is -2.36. The number of rotatable bonds is 10. The summed E-state index contributed by atoms with van der Waals surface area (Å²) in [6.45, 7) is 9.65. The van der Waals surface area contributed by atoms with Gasteiger partial charge in [0.05, 0.1) is 17.9 Å². The Morgan fingerprint density at radius 2 is 1.62 bits per heavy atom. The summed E-state index contributed by atoms with van der Waals surface area (Å²) in [5.74, 6) is -0.446. The minimum Gasteiger partial charge on any atom is -0.469 e. The van der Waals surface area contributed by atoms with E-state index in [0.717, 1.165) is 11.1 Å². The minimum absolute atomic E-state index is 0.297. The van der Waals surface area contributed by atoms with Gasteiger partial charge in [0.25, 0.3) is 0 Å². The van der Waals surface area contributed by atoms with Crippen molar-refractivity contribution >= 4 is 16.0 Å². The Morgan fingerprint density at radius 1 is 1.03 bits per heavy atom. The normalized spacial score (nSPS) is 14.0. The highest BCUT2D eigenvalue weighted by Crippen LogP contribution is 2.23. The number of hydrogen-bond acceptors (Lipinski definition) is 4. The van der Waals surface area contributed by atoms with E-state index in [1.165, 1.54) is 7.11 Å². The minimum atomic E-state index is -3.77. The molecule has 2 atom stereocenters. The van der Waals surface area contributed by atoms with Crippen molar-refractivity contribution in [2.45, 2.75) is 58.4 Å². The van der Waals surface area contributed by atoms with E-state index < -0.39 is 22.0 Å². The van der Waals surface area contributed by atoms with Crippen molar-refractivity contribution in [3.05, 3.63) is 76.9 Å². The standard InChI is InChI=1S/C26H35NO4S/c1-18(2)14-23(26(28)31-6)12-13-24(17-22-10-8-7-9-11-22)27-32(29,30)25-20(4)15-19(3)16-21(25)5/h7-13,15-16,18,23-24,27H,14,17H2,1-6H3/b13-12+/t23-,24+/m1/s1. The van der Waals surface area contributed by atoms with Crippen LogP contribution in [0, 0.1) is 32.6 Å². The van der Waals surface area contributed by atoms with Crippen molar-refractivity contribution in [1.29, 1.82) is 0 Å². The largest absolute Gasteiger partial charge is 0.469 e. The molecule has 0 saturated carbocycles. The summed E-state index contributed by atoms with van der Waals surface area (Å²) in [5.41, 5.74) is 3.45. The molecule has 0 aliphatic carbocycles. The Morgan fingerprint density at radius 3 is 2.16 bits per heavy atom. The lowest BCUT2D eigenvalue weighted by Gasteiger charge is -2.20. The molecule has 0 heterocycles. The smallest absolute Gasteiger partial charge is 0.312 e. The molecule has 0 aromatic heterocycles. The molecule has 0 bridgehead atoms. The summed E-state index contributed by atoms with van der Waals surface area (Å²) in [7, 11) is -2.40. The van der Waals surface area contributed by atoms with Gasteiger partial charge in [-0.05, 0) is 56.2 Å². The van der Waals surface area contributed by atoms with E-state index in [2.05, 4.69) is 4.72 Å². The fourth-order valence-corrected chi connectivity index (χ4v) is 5.69. The van der Waals surface area contributed by atoms with Crippen molar-refractivity contribution in [3.8, 4) is 0 Å². The number of ether oxygens (including phenoxy) is 1. The zero-order valence-electron chi connectivity index (χ0n) is 19.9. The van der Waals surface area contributed by atoms with Crippen molar-refractivity contribution in [2.75, 3.05) is 7.11 Å². The van der Waals surface area contributed by atoms with Gasteiger partial charge >= 0.3 is 5.97 Å². The molecule has 5 nitrogen and oxygen atoms in total. The van der Waals surface area contributed by atoms with E-state index in [1.54, 1.807) is 12.2 Å². The number of carbonyl (C=O) groups excluding carboxylic acids is 1. The first kappa shape index (κ1) is 25.8. The second-order valence-corrected chi connectivity index (χ2v) is 10.4. The first-order valence-corrected chi connectivity index (χ1v) is 12.4. The summed E-state index contributed by atoms with van der Waals surface area (Å²) < 4.78 is 34.5. The predicted octanol–water partition coefficient (Wildman–Crippen LogP) is 4.89. The Hall–Kier alpha value is -2.44. The van der Waals surface area contributed by atoms with Gasteiger partial charge in [0.15, 0.2) is 0 Å². The monoisotopic (exact) mass is 457 g/mol. The number of hydrogen-bond donors (Lipinski definition) is 1. The molecule has 0 amide bonds. The fourth-order valence-electron chi connectivity index (χ4n) is 4.05. The highest BCUT2D eigenvalue weighted by Gasteiger charge is 2.24. The van der Waals surface area contributed by atoms with Crippen LogP contribution in [-0.4, -0.2) is 27.5 Å². The molecule has 2 aromatic carbocycles. The third kappa shape index (κ3) is 7.31. The number of aryl methyl sites for hydroxylation is 3. The summed E-state index contributed by atoms with van der Waals surface area (Å²) >= 11 is 0. The number of methoxy groups -OCH3 is 1. The van der Waals surface area contributed by atoms with E-state index in [0.29, 0.717) is 34.8 Å². The Balaban J connectivity index is 2.39. The summed E-state index contributed by atoms with van der Waals surface area (Å²) in [6, 6.07) is 12.9. The topological polar surface area (TPSA) is 72.5 Å². The summed E-state index contributed by atoms with van der Waals surface area (Å²) in [5, 5.41) is 0. The second-order valence-electron chi connectivity index (χ2n) is 8.79. The van der Waals surface area contributed by atoms with E-state index >= 15 is 0 Å². The summed E-state index contributed by atoms with van der Waals surface area (Å²) in [6.07, 6.45) is 4.66. The van der Waals surface area contributed by atoms with Crippen LogP contribution in [0.4, 0.5) is 0 Å². The van der Waals surface area contributed by atoms with Crippen molar-refractivity contribution in [2.24, 2.45) is 11.8 Å². The van der Waals surface area contributed by atoms with Crippen LogP contribution in [0.2, 0.25) is 0 Å². The molecule has 1 N–H and O–H groups in total. The van der Waals surface area contributed by atoms with Crippen molar-refractivity contribution < 1.29 is 17.9 Å². The Bertz CT molecular complexity index is 1020. The third-order valence-corrected chi connectivity index (χ3v) is 7.08. The Labute approximate surface area is 192 Å². The predicted molar refractivity (Wildman–Crippen MR) is 129 cm³/mol. The number of carbonyl (C=O) groups is 1. The molecule has 32 heavy (non-hydrogen) atoms. The maximum absolute atomic E-state index is 13.4. The number of nitrogens with one attached hydrogen (secondary N) is 1. The van der Waals surface area contributed by atoms with Crippen LogP contribution >= 0.6 is 0 Å². The van der Waals surface area contributed by atoms with Crippen molar-refractivity contribution in [1.82, 2.24) is 4.72 Å². The molecular weight excluding hydrogens is 422 g/mol. The molecule has 2 rings (SSSR count). The lowest BCUT2D eigenvalue weighted by atomic mass is 9.95. The van der Waals surface area contributed by atoms with Gasteiger partial charge in [-0.25, -0.2) is 13.1 Å². The fraction of sp³-hybridized carbons (Fsp3) is 0.423. The van der Waals surface area contributed by atoms with Crippen LogP contribution in [0.25, 0.3) is 0 Å². The van der Waals surface area contributed by atoms with Gasteiger partial charge in [-0.3, -0.25) is 4.79 Å². The lowest BCUT2D eigenvalue weighted by molar-refractivity contribution is -0.144. The molecular formula is C26H35NO4S. The molecule has 174 valence electrons. The first-order valence-electron chi connectivity index (χ1n) is 10.9. The maximum atomic E-state index is 13.4. The van der Waals surface area contributed by atoms with Crippen LogP contribution in [-0.2, 0) is 26.0 Å². The van der Waals surface area contributed by atoms with Gasteiger partial charge in [-0.15, -0.1) is 0 Å². The van der Waals surface area contributed by atoms with Gasteiger partial charge in [0.1, 0.15) is 0 Å². The van der Waals surface area contributed by atoms with E-state index in [1.807, 2.05) is 77.1 Å². The van der Waals surface area contributed by atoms with E-state index in [4.69, 9.17) is 4.74 Å². The molecule has 0 aliphatic rings. The molecule has 0 unspecified atom stereocenters. The maximum Gasteiger partial charge on any atom is 0.312 e. The van der Waals surface area contributed by atoms with Gasteiger partial charge in [0.2, 0.25) is 10.0 Å². The van der Waals surface area contributed by atoms with Gasteiger partial charge < -0.3 is 4.74 Å². The second kappa shape index (κ2) is 11.4. The SMILES string of the molecule is COC(=O)[C@H](/C=C/[C@@H](Cc1ccccc1)NS(=O)(=O)c1c(C)cc(C)cc1C)CC(C)C. The molecule has 0 saturated heterocycles. The highest BCUT2D eigenvalue weighted by atomic mass is 32.2. The molecule has 0 spiro atoms. The molecule has 2 aromatic rings. The molecule has 0 radical (unpaired) electrons. The third-order valence-electron chi connectivity index (χ3n) is 5.28. The van der Waals surface area contributed by atoms with E-state index in [9.17, 15) is 13.2 Å². The average molecular weight is 458 g/mol. The Kier molecular flexibility index (Phi) is 9.22. The van der Waals surface area contributed by atoms with Gasteiger partial charge in [0, 0.05) is 6.04 Å². The van der Waals surface area contributed by atoms with Crippen LogP contribution in [0.3, 0.4) is 0 Å². The average Bonchev–Trinajstić information content (AvgIpc) is 2.69. The number of benzene rings is 2. The first-order chi connectivity index (χ1) is 15.0. The summed E-state index contributed by atoms with van der Waals surface area (Å²) in [4.78, 5) is 12.5. The quantitative estimate of drug-likeness (QED) is 0.407. The molecule has 6 heteroatoms. The van der Waals surface area contributed by atoms with E-state index in [-0.39, 0.29) is 5.97 Å².